The fourth-order valence-corrected chi connectivity index (χ4v) is 2.07. The number of nitrogens with one attached hydrogen (secondary N) is 1. The fourth-order valence-electron chi connectivity index (χ4n) is 1.50. The van der Waals surface area contributed by atoms with Crippen LogP contribution in [-0.2, 0) is 0 Å². The molecule has 1 heterocycles. The lowest BCUT2D eigenvalue weighted by atomic mass is 10.2. The van der Waals surface area contributed by atoms with Gasteiger partial charge in [0.25, 0.3) is 0 Å². The number of nitrogen functional groups attached to an aromatic ring is 1. The fraction of sp³-hybridized carbons (Fsp3) is 0.167. The van der Waals surface area contributed by atoms with Gasteiger partial charge in [-0.1, -0.05) is 22.0 Å². The summed E-state index contributed by atoms with van der Waals surface area (Å²) in [5, 5.41) is 3.35. The Hall–Kier alpha value is -1.33. The maximum atomic E-state index is 5.93. The third-order valence-corrected chi connectivity index (χ3v) is 3.22. The zero-order chi connectivity index (χ0) is 13.3. The van der Waals surface area contributed by atoms with Gasteiger partial charge >= 0.3 is 0 Å². The summed E-state index contributed by atoms with van der Waals surface area (Å²) >= 11 is 9.26. The van der Waals surface area contributed by atoms with Crippen molar-refractivity contribution in [3.05, 3.63) is 39.2 Å². The molecule has 0 atom stereocenters. The number of aryl methyl sites for hydroxylation is 2. The van der Waals surface area contributed by atoms with Crippen molar-refractivity contribution in [1.29, 1.82) is 0 Å². The summed E-state index contributed by atoms with van der Waals surface area (Å²) in [6, 6.07) is 5.93. The molecule has 0 aliphatic carbocycles. The SMILES string of the molecule is Cc1ccc(Br)cc1Nc1nc(Cl)nc(C)c1N. The molecule has 0 spiro atoms. The van der Waals surface area contributed by atoms with Gasteiger partial charge in [-0.3, -0.25) is 0 Å². The average molecular weight is 328 g/mol. The maximum Gasteiger partial charge on any atom is 0.224 e. The summed E-state index contributed by atoms with van der Waals surface area (Å²) in [5.41, 5.74) is 9.10. The van der Waals surface area contributed by atoms with Crippen molar-refractivity contribution >= 4 is 44.7 Å². The van der Waals surface area contributed by atoms with Gasteiger partial charge in [0.2, 0.25) is 5.28 Å². The maximum absolute atomic E-state index is 5.93. The quantitative estimate of drug-likeness (QED) is 0.823. The molecule has 94 valence electrons. The second kappa shape index (κ2) is 5.12. The lowest BCUT2D eigenvalue weighted by molar-refractivity contribution is 1.11. The summed E-state index contributed by atoms with van der Waals surface area (Å²) in [7, 11) is 0. The van der Waals surface area contributed by atoms with Gasteiger partial charge in [0, 0.05) is 10.2 Å². The molecular formula is C12H12BrClN4. The highest BCUT2D eigenvalue weighted by Gasteiger charge is 2.09. The molecule has 0 unspecified atom stereocenters. The Labute approximate surface area is 119 Å². The molecule has 0 radical (unpaired) electrons. The molecule has 0 saturated carbocycles. The van der Waals surface area contributed by atoms with Crippen molar-refractivity contribution in [3.8, 4) is 0 Å². The molecule has 3 N–H and O–H groups in total. The molecule has 0 amide bonds. The third-order valence-electron chi connectivity index (χ3n) is 2.56. The van der Waals surface area contributed by atoms with E-state index in [1.165, 1.54) is 0 Å². The Kier molecular flexibility index (Phi) is 3.73. The molecule has 18 heavy (non-hydrogen) atoms. The van der Waals surface area contributed by atoms with E-state index < -0.39 is 0 Å². The monoisotopic (exact) mass is 326 g/mol. The van der Waals surface area contributed by atoms with Gasteiger partial charge in [-0.05, 0) is 43.1 Å². The lowest BCUT2D eigenvalue weighted by Gasteiger charge is -2.12. The van der Waals surface area contributed by atoms with E-state index in [2.05, 4.69) is 31.2 Å². The molecule has 0 fully saturated rings. The number of benzene rings is 1. The van der Waals surface area contributed by atoms with Crippen molar-refractivity contribution in [1.82, 2.24) is 9.97 Å². The summed E-state index contributed by atoms with van der Waals surface area (Å²) in [6.07, 6.45) is 0. The Morgan fingerprint density at radius 3 is 2.72 bits per heavy atom. The van der Waals surface area contributed by atoms with Crippen molar-refractivity contribution in [2.24, 2.45) is 0 Å². The Balaban J connectivity index is 2.43. The molecule has 1 aromatic carbocycles. The van der Waals surface area contributed by atoms with Crippen LogP contribution in [0.1, 0.15) is 11.3 Å². The Morgan fingerprint density at radius 1 is 1.28 bits per heavy atom. The number of hydrogen-bond acceptors (Lipinski definition) is 4. The topological polar surface area (TPSA) is 63.8 Å². The van der Waals surface area contributed by atoms with Gasteiger partial charge in [0.15, 0.2) is 5.82 Å². The van der Waals surface area contributed by atoms with E-state index in [4.69, 9.17) is 17.3 Å². The first-order valence-electron chi connectivity index (χ1n) is 5.30. The molecule has 0 aliphatic rings. The van der Waals surface area contributed by atoms with Crippen LogP contribution in [0, 0.1) is 13.8 Å². The van der Waals surface area contributed by atoms with Crippen LogP contribution in [0.5, 0.6) is 0 Å². The van der Waals surface area contributed by atoms with Crippen LogP contribution in [-0.4, -0.2) is 9.97 Å². The normalized spacial score (nSPS) is 10.4. The molecular weight excluding hydrogens is 316 g/mol. The second-order valence-electron chi connectivity index (χ2n) is 3.92. The van der Waals surface area contributed by atoms with E-state index in [-0.39, 0.29) is 5.28 Å². The summed E-state index contributed by atoms with van der Waals surface area (Å²) in [6.45, 7) is 3.79. The van der Waals surface area contributed by atoms with E-state index in [1.54, 1.807) is 6.92 Å². The summed E-state index contributed by atoms with van der Waals surface area (Å²) in [5.74, 6) is 0.522. The van der Waals surface area contributed by atoms with Gasteiger partial charge in [-0.15, -0.1) is 0 Å². The van der Waals surface area contributed by atoms with Gasteiger partial charge in [0.1, 0.15) is 0 Å². The van der Waals surface area contributed by atoms with Crippen molar-refractivity contribution < 1.29 is 0 Å². The van der Waals surface area contributed by atoms with Crippen molar-refractivity contribution in [2.45, 2.75) is 13.8 Å². The van der Waals surface area contributed by atoms with Gasteiger partial charge in [0.05, 0.1) is 11.4 Å². The zero-order valence-corrected chi connectivity index (χ0v) is 12.3. The van der Waals surface area contributed by atoms with Crippen LogP contribution in [0.2, 0.25) is 5.28 Å². The highest BCUT2D eigenvalue weighted by Crippen LogP contribution is 2.28. The third kappa shape index (κ3) is 2.73. The summed E-state index contributed by atoms with van der Waals surface area (Å²) in [4.78, 5) is 8.10. The number of hydrogen-bond donors (Lipinski definition) is 2. The first kappa shape index (κ1) is 13.1. The number of nitrogens with zero attached hydrogens (tertiary/aromatic N) is 2. The minimum Gasteiger partial charge on any atom is -0.394 e. The first-order chi connectivity index (χ1) is 8.47. The lowest BCUT2D eigenvalue weighted by Crippen LogP contribution is -2.04. The predicted molar refractivity (Wildman–Crippen MR) is 78.4 cm³/mol. The number of nitrogens with two attached hydrogens (primary N) is 1. The molecule has 0 bridgehead atoms. The Bertz CT molecular complexity index is 601. The Morgan fingerprint density at radius 2 is 2.00 bits per heavy atom. The largest absolute Gasteiger partial charge is 0.394 e. The van der Waals surface area contributed by atoms with E-state index >= 15 is 0 Å². The van der Waals surface area contributed by atoms with Crippen LogP contribution in [0.4, 0.5) is 17.2 Å². The standard InChI is InChI=1S/C12H12BrClN4/c1-6-3-4-8(13)5-9(6)17-11-10(15)7(2)16-12(14)18-11/h3-5H,15H2,1-2H3,(H,16,17,18). The van der Waals surface area contributed by atoms with Crippen molar-refractivity contribution in [3.63, 3.8) is 0 Å². The molecule has 0 aliphatic heterocycles. The number of rotatable bonds is 2. The second-order valence-corrected chi connectivity index (χ2v) is 5.18. The molecule has 2 rings (SSSR count). The predicted octanol–water partition coefficient (Wildman–Crippen LogP) is 3.84. The van der Waals surface area contributed by atoms with E-state index in [9.17, 15) is 0 Å². The molecule has 6 heteroatoms. The molecule has 1 aromatic heterocycles. The van der Waals surface area contributed by atoms with Crippen LogP contribution in [0.15, 0.2) is 22.7 Å². The van der Waals surface area contributed by atoms with Crippen LogP contribution < -0.4 is 11.1 Å². The number of halogens is 2. The molecule has 4 nitrogen and oxygen atoms in total. The van der Waals surface area contributed by atoms with Crippen LogP contribution >= 0.6 is 27.5 Å². The van der Waals surface area contributed by atoms with Crippen LogP contribution in [0.25, 0.3) is 0 Å². The van der Waals surface area contributed by atoms with Gasteiger partial charge in [-0.2, -0.15) is 4.98 Å². The van der Waals surface area contributed by atoms with Gasteiger partial charge < -0.3 is 11.1 Å². The highest BCUT2D eigenvalue weighted by atomic mass is 79.9. The first-order valence-corrected chi connectivity index (χ1v) is 6.47. The summed E-state index contributed by atoms with van der Waals surface area (Å²) < 4.78 is 0.978. The average Bonchev–Trinajstić information content (AvgIpc) is 2.30. The van der Waals surface area contributed by atoms with E-state index in [1.807, 2.05) is 25.1 Å². The minimum atomic E-state index is 0.178. The van der Waals surface area contributed by atoms with Crippen molar-refractivity contribution in [2.75, 3.05) is 11.1 Å². The highest BCUT2D eigenvalue weighted by molar-refractivity contribution is 9.10. The van der Waals surface area contributed by atoms with Gasteiger partial charge in [-0.25, -0.2) is 4.98 Å². The molecule has 2 aromatic rings. The number of aromatic nitrogens is 2. The smallest absolute Gasteiger partial charge is 0.224 e. The molecule has 0 saturated heterocycles. The van der Waals surface area contributed by atoms with E-state index in [0.717, 1.165) is 15.7 Å². The zero-order valence-electron chi connectivity index (χ0n) is 9.96. The van der Waals surface area contributed by atoms with Crippen LogP contribution in [0.3, 0.4) is 0 Å². The number of anilines is 3. The minimum absolute atomic E-state index is 0.178. The van der Waals surface area contributed by atoms with E-state index in [0.29, 0.717) is 17.2 Å².